The van der Waals surface area contributed by atoms with E-state index in [4.69, 9.17) is 11.6 Å². The highest BCUT2D eigenvalue weighted by Gasteiger charge is 2.43. The molecule has 0 unspecified atom stereocenters. The second-order valence-electron chi connectivity index (χ2n) is 7.34. The molecule has 0 aliphatic heterocycles. The van der Waals surface area contributed by atoms with Gasteiger partial charge in [0.05, 0.1) is 4.90 Å². The van der Waals surface area contributed by atoms with Crippen LogP contribution in [0.15, 0.2) is 41.3 Å². The van der Waals surface area contributed by atoms with Crippen LogP contribution >= 0.6 is 11.6 Å². The van der Waals surface area contributed by atoms with Crippen LogP contribution in [0.3, 0.4) is 0 Å². The topological polar surface area (TPSA) is 63.2 Å². The van der Waals surface area contributed by atoms with E-state index in [2.05, 4.69) is 11.9 Å². The van der Waals surface area contributed by atoms with E-state index in [-0.39, 0.29) is 10.9 Å². The molecule has 6 heteroatoms. The number of nitrogens with one attached hydrogen (secondary N) is 1. The molecule has 1 N–H and O–H groups in total. The summed E-state index contributed by atoms with van der Waals surface area (Å²) in [5.74, 6) is 0.0418. The Balaban J connectivity index is 2.09. The fourth-order valence-electron chi connectivity index (χ4n) is 3.12. The van der Waals surface area contributed by atoms with Crippen molar-refractivity contribution in [1.82, 2.24) is 5.32 Å². The van der Waals surface area contributed by atoms with E-state index in [0.717, 1.165) is 25.7 Å². The maximum Gasteiger partial charge on any atom is 0.241 e. The number of hydrogen-bond acceptors (Lipinski definition) is 3. The summed E-state index contributed by atoms with van der Waals surface area (Å²) in [4.78, 5) is 12.8. The van der Waals surface area contributed by atoms with Gasteiger partial charge in [-0.05, 0) is 76.6 Å². The van der Waals surface area contributed by atoms with Crippen molar-refractivity contribution in [1.29, 1.82) is 0 Å². The molecule has 2 rings (SSSR count). The van der Waals surface area contributed by atoms with E-state index in [9.17, 15) is 13.2 Å². The summed E-state index contributed by atoms with van der Waals surface area (Å²) in [6.45, 7) is 8.93. The average Bonchev–Trinajstić information content (AvgIpc) is 2.55. The van der Waals surface area contributed by atoms with Crippen LogP contribution in [-0.4, -0.2) is 25.1 Å². The number of amides is 1. The van der Waals surface area contributed by atoms with E-state index >= 15 is 0 Å². The van der Waals surface area contributed by atoms with Gasteiger partial charge in [0.25, 0.3) is 0 Å². The Morgan fingerprint density at radius 2 is 1.68 bits per heavy atom. The van der Waals surface area contributed by atoms with E-state index in [0.29, 0.717) is 10.9 Å². The molecule has 25 heavy (non-hydrogen) atoms. The minimum absolute atomic E-state index is 0.0165. The van der Waals surface area contributed by atoms with Gasteiger partial charge < -0.3 is 5.32 Å². The molecular weight excluding hydrogens is 358 g/mol. The SMILES string of the molecule is C=C(C)C1CCC(NC(=O)C(C)(C)S(=O)(=O)c2ccc(Cl)cc2)CC1. The maximum absolute atomic E-state index is 12.9. The fourth-order valence-corrected chi connectivity index (χ4v) is 4.63. The summed E-state index contributed by atoms with van der Waals surface area (Å²) in [7, 11) is -3.81. The molecule has 1 aromatic carbocycles. The number of allylic oxidation sites excluding steroid dienone is 1. The van der Waals surface area contributed by atoms with Gasteiger partial charge in [-0.25, -0.2) is 8.42 Å². The predicted octanol–water partition coefficient (Wildman–Crippen LogP) is 4.14. The standard InChI is InChI=1S/C19H26ClNO3S/c1-13(2)14-5-9-16(10-6-14)21-18(22)19(3,4)25(23,24)17-11-7-15(20)8-12-17/h7-8,11-12,14,16H,1,5-6,9-10H2,2-4H3,(H,21,22). The summed E-state index contributed by atoms with van der Waals surface area (Å²) in [6.07, 6.45) is 3.65. The number of benzene rings is 1. The molecule has 1 amide bonds. The fraction of sp³-hybridized carbons (Fsp3) is 0.526. The van der Waals surface area contributed by atoms with Crippen LogP contribution in [-0.2, 0) is 14.6 Å². The molecule has 1 aliphatic rings. The molecule has 0 saturated heterocycles. The van der Waals surface area contributed by atoms with Crippen molar-refractivity contribution in [2.24, 2.45) is 5.92 Å². The third kappa shape index (κ3) is 4.26. The minimum atomic E-state index is -3.81. The van der Waals surface area contributed by atoms with Crippen LogP contribution in [0.2, 0.25) is 5.02 Å². The lowest BCUT2D eigenvalue weighted by Gasteiger charge is -2.32. The molecule has 138 valence electrons. The number of carbonyl (C=O) groups excluding carboxylic acids is 1. The summed E-state index contributed by atoms with van der Waals surface area (Å²) < 4.78 is 24.2. The second-order valence-corrected chi connectivity index (χ2v) is 10.3. The second kappa shape index (κ2) is 7.50. The highest BCUT2D eigenvalue weighted by atomic mass is 35.5. The third-order valence-electron chi connectivity index (χ3n) is 5.10. The Morgan fingerprint density at radius 1 is 1.16 bits per heavy atom. The zero-order chi connectivity index (χ0) is 18.8. The van der Waals surface area contributed by atoms with Crippen molar-refractivity contribution >= 4 is 27.3 Å². The molecule has 0 atom stereocenters. The van der Waals surface area contributed by atoms with Gasteiger partial charge in [-0.1, -0.05) is 23.8 Å². The molecule has 0 aromatic heterocycles. The largest absolute Gasteiger partial charge is 0.352 e. The first-order valence-corrected chi connectivity index (χ1v) is 10.4. The van der Waals surface area contributed by atoms with Crippen molar-refractivity contribution in [3.05, 3.63) is 41.4 Å². The summed E-state index contributed by atoms with van der Waals surface area (Å²) in [6, 6.07) is 5.92. The summed E-state index contributed by atoms with van der Waals surface area (Å²) >= 11 is 5.82. The lowest BCUT2D eigenvalue weighted by atomic mass is 9.82. The number of hydrogen-bond donors (Lipinski definition) is 1. The molecule has 0 spiro atoms. The predicted molar refractivity (Wildman–Crippen MR) is 101 cm³/mol. The number of rotatable bonds is 5. The Bertz CT molecular complexity index is 745. The normalized spacial score (nSPS) is 21.6. The summed E-state index contributed by atoms with van der Waals surface area (Å²) in [5, 5.41) is 3.39. The molecule has 0 bridgehead atoms. The van der Waals surface area contributed by atoms with Crippen molar-refractivity contribution in [2.75, 3.05) is 0 Å². The van der Waals surface area contributed by atoms with Gasteiger partial charge in [0.1, 0.15) is 4.75 Å². The highest BCUT2D eigenvalue weighted by Crippen LogP contribution is 2.31. The number of halogens is 1. The smallest absolute Gasteiger partial charge is 0.241 e. The van der Waals surface area contributed by atoms with Crippen LogP contribution in [0, 0.1) is 5.92 Å². The Labute approximate surface area is 155 Å². The zero-order valence-electron chi connectivity index (χ0n) is 15.0. The minimum Gasteiger partial charge on any atom is -0.352 e. The third-order valence-corrected chi connectivity index (χ3v) is 7.78. The molecule has 4 nitrogen and oxygen atoms in total. The zero-order valence-corrected chi connectivity index (χ0v) is 16.6. The van der Waals surface area contributed by atoms with Crippen LogP contribution in [0.5, 0.6) is 0 Å². The van der Waals surface area contributed by atoms with E-state index in [1.165, 1.54) is 43.7 Å². The number of sulfone groups is 1. The summed E-state index contributed by atoms with van der Waals surface area (Å²) in [5.41, 5.74) is 1.18. The average molecular weight is 384 g/mol. The van der Waals surface area contributed by atoms with Gasteiger partial charge in [-0.3, -0.25) is 4.79 Å². The van der Waals surface area contributed by atoms with Crippen LogP contribution in [0.1, 0.15) is 46.5 Å². The van der Waals surface area contributed by atoms with Gasteiger partial charge in [-0.2, -0.15) is 0 Å². The molecule has 1 aliphatic carbocycles. The molecular formula is C19H26ClNO3S. The molecule has 1 aromatic rings. The first-order valence-electron chi connectivity index (χ1n) is 8.52. The first kappa shape index (κ1) is 20.0. The van der Waals surface area contributed by atoms with Gasteiger partial charge in [-0.15, -0.1) is 0 Å². The van der Waals surface area contributed by atoms with E-state index < -0.39 is 20.5 Å². The monoisotopic (exact) mass is 383 g/mol. The Morgan fingerprint density at radius 3 is 2.16 bits per heavy atom. The first-order chi connectivity index (χ1) is 11.6. The lowest BCUT2D eigenvalue weighted by molar-refractivity contribution is -0.123. The quantitative estimate of drug-likeness (QED) is 0.777. The van der Waals surface area contributed by atoms with Crippen molar-refractivity contribution in [2.45, 2.75) is 62.1 Å². The van der Waals surface area contributed by atoms with Crippen LogP contribution < -0.4 is 5.32 Å². The van der Waals surface area contributed by atoms with Crippen molar-refractivity contribution in [3.8, 4) is 0 Å². The van der Waals surface area contributed by atoms with E-state index in [1.54, 1.807) is 0 Å². The van der Waals surface area contributed by atoms with Gasteiger partial charge in [0.2, 0.25) is 5.91 Å². The van der Waals surface area contributed by atoms with Gasteiger partial charge in [0.15, 0.2) is 9.84 Å². The molecule has 0 radical (unpaired) electrons. The van der Waals surface area contributed by atoms with Crippen molar-refractivity contribution < 1.29 is 13.2 Å². The van der Waals surface area contributed by atoms with E-state index in [1.807, 2.05) is 6.92 Å². The number of carbonyl (C=O) groups is 1. The molecule has 1 saturated carbocycles. The van der Waals surface area contributed by atoms with Crippen molar-refractivity contribution in [3.63, 3.8) is 0 Å². The van der Waals surface area contributed by atoms with Gasteiger partial charge in [0, 0.05) is 11.1 Å². The van der Waals surface area contributed by atoms with Gasteiger partial charge >= 0.3 is 0 Å². The molecule has 1 fully saturated rings. The Kier molecular flexibility index (Phi) is 6.00. The highest BCUT2D eigenvalue weighted by molar-refractivity contribution is 7.93. The Hall–Kier alpha value is -1.33. The van der Waals surface area contributed by atoms with Crippen LogP contribution in [0.25, 0.3) is 0 Å². The van der Waals surface area contributed by atoms with Crippen LogP contribution in [0.4, 0.5) is 0 Å². The maximum atomic E-state index is 12.9. The lowest BCUT2D eigenvalue weighted by Crippen LogP contribution is -2.51. The molecule has 0 heterocycles.